The average molecular weight is 406 g/mol. The van der Waals surface area contributed by atoms with Gasteiger partial charge in [-0.15, -0.1) is 11.3 Å². The Bertz CT molecular complexity index is 974. The molecule has 1 aromatic heterocycles. The van der Waals surface area contributed by atoms with Crippen molar-refractivity contribution in [3.8, 4) is 11.5 Å². The number of amides is 1. The van der Waals surface area contributed by atoms with Crippen molar-refractivity contribution in [3.05, 3.63) is 74.7 Å². The molecular formula is C20H17ClFNO3S. The summed E-state index contributed by atoms with van der Waals surface area (Å²) in [6, 6.07) is 11.5. The summed E-state index contributed by atoms with van der Waals surface area (Å²) < 4.78 is 24.3. The topological polar surface area (TPSA) is 47.6 Å². The number of carbonyl (C=O) groups is 1. The Morgan fingerprint density at radius 3 is 2.74 bits per heavy atom. The van der Waals surface area contributed by atoms with Crippen LogP contribution in [0.15, 0.2) is 47.8 Å². The number of rotatable bonds is 6. The summed E-state index contributed by atoms with van der Waals surface area (Å²) in [6.07, 6.45) is 0. The molecule has 0 saturated heterocycles. The zero-order valence-corrected chi connectivity index (χ0v) is 16.3. The number of carbonyl (C=O) groups excluding carboxylic acids is 1. The van der Waals surface area contributed by atoms with Crippen molar-refractivity contribution in [2.24, 2.45) is 0 Å². The van der Waals surface area contributed by atoms with Crippen LogP contribution in [0.5, 0.6) is 11.5 Å². The van der Waals surface area contributed by atoms with Gasteiger partial charge in [-0.3, -0.25) is 4.79 Å². The molecule has 140 valence electrons. The quantitative estimate of drug-likeness (QED) is 0.573. The van der Waals surface area contributed by atoms with E-state index in [1.807, 2.05) is 30.5 Å². The minimum Gasteiger partial charge on any atom is -0.493 e. The molecule has 0 radical (unpaired) electrons. The van der Waals surface area contributed by atoms with Gasteiger partial charge in [-0.2, -0.15) is 0 Å². The van der Waals surface area contributed by atoms with Crippen LogP contribution in [0.1, 0.15) is 20.8 Å². The Morgan fingerprint density at radius 2 is 2.00 bits per heavy atom. The molecule has 0 bridgehead atoms. The van der Waals surface area contributed by atoms with Crippen LogP contribution in [0.4, 0.5) is 10.1 Å². The molecule has 3 rings (SSSR count). The van der Waals surface area contributed by atoms with Gasteiger partial charge >= 0.3 is 0 Å². The van der Waals surface area contributed by atoms with Crippen LogP contribution in [-0.2, 0) is 6.61 Å². The van der Waals surface area contributed by atoms with E-state index in [9.17, 15) is 9.18 Å². The summed E-state index contributed by atoms with van der Waals surface area (Å²) in [5.41, 5.74) is 2.38. The van der Waals surface area contributed by atoms with E-state index < -0.39 is 5.82 Å². The first-order valence-electron chi connectivity index (χ1n) is 8.07. The van der Waals surface area contributed by atoms with E-state index in [2.05, 4.69) is 5.32 Å². The van der Waals surface area contributed by atoms with Gasteiger partial charge in [0.05, 0.1) is 17.0 Å². The highest BCUT2D eigenvalue weighted by molar-refractivity contribution is 7.12. The van der Waals surface area contributed by atoms with Crippen LogP contribution >= 0.6 is 22.9 Å². The number of anilines is 1. The number of aryl methyl sites for hydroxylation is 1. The molecule has 1 amide bonds. The van der Waals surface area contributed by atoms with Crippen LogP contribution < -0.4 is 14.8 Å². The van der Waals surface area contributed by atoms with Gasteiger partial charge in [-0.25, -0.2) is 4.39 Å². The molecule has 3 aromatic rings. The molecule has 0 fully saturated rings. The molecule has 0 aliphatic carbocycles. The molecule has 1 heterocycles. The van der Waals surface area contributed by atoms with Crippen LogP contribution in [0.3, 0.4) is 0 Å². The molecule has 0 aliphatic rings. The van der Waals surface area contributed by atoms with Gasteiger partial charge in [0.1, 0.15) is 12.4 Å². The van der Waals surface area contributed by atoms with Gasteiger partial charge < -0.3 is 14.8 Å². The van der Waals surface area contributed by atoms with Gasteiger partial charge in [0.25, 0.3) is 5.91 Å². The SMILES string of the molecule is COc1cc(C)ccc1OCc1csc(C(=O)Nc2ccc(F)c(Cl)c2)c1. The second-order valence-electron chi connectivity index (χ2n) is 5.85. The van der Waals surface area contributed by atoms with Crippen molar-refractivity contribution in [2.45, 2.75) is 13.5 Å². The lowest BCUT2D eigenvalue weighted by Crippen LogP contribution is -2.10. The van der Waals surface area contributed by atoms with Crippen molar-refractivity contribution < 1.29 is 18.7 Å². The monoisotopic (exact) mass is 405 g/mol. The van der Waals surface area contributed by atoms with Crippen LogP contribution in [0, 0.1) is 12.7 Å². The highest BCUT2D eigenvalue weighted by Crippen LogP contribution is 2.29. The molecule has 7 heteroatoms. The molecule has 1 N–H and O–H groups in total. The fourth-order valence-electron chi connectivity index (χ4n) is 2.39. The molecule has 0 unspecified atom stereocenters. The highest BCUT2D eigenvalue weighted by Gasteiger charge is 2.12. The number of nitrogens with one attached hydrogen (secondary N) is 1. The van der Waals surface area contributed by atoms with Gasteiger partial charge in [-0.05, 0) is 54.3 Å². The third-order valence-corrected chi connectivity index (χ3v) is 5.04. The van der Waals surface area contributed by atoms with E-state index in [0.29, 0.717) is 28.7 Å². The normalized spacial score (nSPS) is 10.5. The lowest BCUT2D eigenvalue weighted by molar-refractivity contribution is 0.103. The molecular weight excluding hydrogens is 389 g/mol. The first kappa shape index (κ1) is 19.2. The predicted molar refractivity (Wildman–Crippen MR) is 106 cm³/mol. The lowest BCUT2D eigenvalue weighted by atomic mass is 10.2. The van der Waals surface area contributed by atoms with Crippen molar-refractivity contribution in [2.75, 3.05) is 12.4 Å². The minimum absolute atomic E-state index is 0.0416. The second kappa shape index (κ2) is 8.41. The van der Waals surface area contributed by atoms with Gasteiger partial charge in [0.2, 0.25) is 0 Å². The van der Waals surface area contributed by atoms with E-state index in [4.69, 9.17) is 21.1 Å². The summed E-state index contributed by atoms with van der Waals surface area (Å²) in [7, 11) is 1.59. The Balaban J connectivity index is 1.64. The summed E-state index contributed by atoms with van der Waals surface area (Å²) in [5, 5.41) is 4.51. The fourth-order valence-corrected chi connectivity index (χ4v) is 3.36. The number of hydrogen-bond acceptors (Lipinski definition) is 4. The first-order valence-corrected chi connectivity index (χ1v) is 9.33. The third-order valence-electron chi connectivity index (χ3n) is 3.77. The molecule has 27 heavy (non-hydrogen) atoms. The number of benzene rings is 2. The molecule has 0 atom stereocenters. The number of ether oxygens (including phenoxy) is 2. The Hall–Kier alpha value is -2.57. The summed E-state index contributed by atoms with van der Waals surface area (Å²) in [6.45, 7) is 2.29. The van der Waals surface area contributed by atoms with E-state index in [-0.39, 0.29) is 10.9 Å². The highest BCUT2D eigenvalue weighted by atomic mass is 35.5. The maximum absolute atomic E-state index is 13.2. The smallest absolute Gasteiger partial charge is 0.265 e. The Kier molecular flexibility index (Phi) is 5.98. The first-order chi connectivity index (χ1) is 13.0. The largest absolute Gasteiger partial charge is 0.493 e. The summed E-state index contributed by atoms with van der Waals surface area (Å²) in [4.78, 5) is 12.9. The fraction of sp³-hybridized carbons (Fsp3) is 0.150. The molecule has 0 saturated carbocycles. The standard InChI is InChI=1S/C20H17ClFNO3S/c1-12-3-6-17(18(7-12)25-2)26-10-13-8-19(27-11-13)20(24)23-14-4-5-16(22)15(21)9-14/h3-9,11H,10H2,1-2H3,(H,23,24). The summed E-state index contributed by atoms with van der Waals surface area (Å²) >= 11 is 7.03. The molecule has 0 spiro atoms. The van der Waals surface area contributed by atoms with Crippen LogP contribution in [0.2, 0.25) is 5.02 Å². The van der Waals surface area contributed by atoms with E-state index >= 15 is 0 Å². The maximum Gasteiger partial charge on any atom is 0.265 e. The lowest BCUT2D eigenvalue weighted by Gasteiger charge is -2.10. The number of halogens is 2. The van der Waals surface area contributed by atoms with Crippen molar-refractivity contribution in [3.63, 3.8) is 0 Å². The zero-order valence-electron chi connectivity index (χ0n) is 14.7. The van der Waals surface area contributed by atoms with Gasteiger partial charge in [0, 0.05) is 11.3 Å². The average Bonchev–Trinajstić information content (AvgIpc) is 3.13. The Labute approximate surface area is 165 Å². The van der Waals surface area contributed by atoms with Gasteiger partial charge in [0.15, 0.2) is 11.5 Å². The molecule has 2 aromatic carbocycles. The Morgan fingerprint density at radius 1 is 1.19 bits per heavy atom. The summed E-state index contributed by atoms with van der Waals surface area (Å²) in [5.74, 6) is 0.483. The maximum atomic E-state index is 13.2. The zero-order chi connectivity index (χ0) is 19.4. The third kappa shape index (κ3) is 4.78. The second-order valence-corrected chi connectivity index (χ2v) is 7.16. The van der Waals surface area contributed by atoms with Crippen LogP contribution in [-0.4, -0.2) is 13.0 Å². The molecule has 0 aliphatic heterocycles. The minimum atomic E-state index is -0.531. The number of hydrogen-bond donors (Lipinski definition) is 1. The van der Waals surface area contributed by atoms with Crippen molar-refractivity contribution in [1.82, 2.24) is 0 Å². The molecule has 4 nitrogen and oxygen atoms in total. The number of thiophene rings is 1. The van der Waals surface area contributed by atoms with E-state index in [1.165, 1.54) is 29.5 Å². The van der Waals surface area contributed by atoms with E-state index in [0.717, 1.165) is 11.1 Å². The van der Waals surface area contributed by atoms with E-state index in [1.54, 1.807) is 13.2 Å². The van der Waals surface area contributed by atoms with Crippen molar-refractivity contribution in [1.29, 1.82) is 0 Å². The van der Waals surface area contributed by atoms with Gasteiger partial charge in [-0.1, -0.05) is 17.7 Å². The predicted octanol–water partition coefficient (Wildman–Crippen LogP) is 5.69. The van der Waals surface area contributed by atoms with Crippen molar-refractivity contribution >= 4 is 34.5 Å². The van der Waals surface area contributed by atoms with Crippen LogP contribution in [0.25, 0.3) is 0 Å². The number of methoxy groups -OCH3 is 1.